The second-order valence-electron chi connectivity index (χ2n) is 6.47. The number of ether oxygens (including phenoxy) is 1. The molecule has 2 heterocycles. The highest BCUT2D eigenvalue weighted by Gasteiger charge is 2.31. The maximum absolute atomic E-state index is 5.57. The average molecular weight is 254 g/mol. The van der Waals surface area contributed by atoms with Gasteiger partial charge in [0.1, 0.15) is 0 Å². The van der Waals surface area contributed by atoms with Crippen molar-refractivity contribution in [3.8, 4) is 0 Å². The van der Waals surface area contributed by atoms with Gasteiger partial charge in [-0.05, 0) is 44.2 Å². The topological polar surface area (TPSA) is 24.5 Å². The first-order valence-electron chi connectivity index (χ1n) is 7.72. The Bertz CT molecular complexity index is 245. The van der Waals surface area contributed by atoms with E-state index in [2.05, 4.69) is 31.0 Å². The highest BCUT2D eigenvalue weighted by molar-refractivity contribution is 4.84. The predicted molar refractivity (Wildman–Crippen MR) is 75.8 cm³/mol. The summed E-state index contributed by atoms with van der Waals surface area (Å²) < 4.78 is 5.57. The molecule has 0 amide bonds. The van der Waals surface area contributed by atoms with Crippen LogP contribution in [0.25, 0.3) is 0 Å². The highest BCUT2D eigenvalue weighted by atomic mass is 16.5. The quantitative estimate of drug-likeness (QED) is 0.832. The van der Waals surface area contributed by atoms with E-state index in [1.807, 2.05) is 0 Å². The Labute approximate surface area is 112 Å². The maximum atomic E-state index is 5.57. The van der Waals surface area contributed by atoms with Crippen LogP contribution < -0.4 is 5.32 Å². The number of likely N-dealkylation sites (tertiary alicyclic amines) is 1. The Hall–Kier alpha value is -0.120. The van der Waals surface area contributed by atoms with Crippen molar-refractivity contribution in [1.82, 2.24) is 10.2 Å². The van der Waals surface area contributed by atoms with Gasteiger partial charge in [-0.2, -0.15) is 0 Å². The average Bonchev–Trinajstić information content (AvgIpc) is 2.37. The molecule has 0 aromatic carbocycles. The van der Waals surface area contributed by atoms with Crippen molar-refractivity contribution >= 4 is 0 Å². The normalized spacial score (nSPS) is 35.0. The Kier molecular flexibility index (Phi) is 5.46. The number of piperidine rings is 1. The summed E-state index contributed by atoms with van der Waals surface area (Å²) in [6.45, 7) is 12.5. The standard InChI is InChI=1S/C15H30N2O/c1-12(2)16-9-14-5-4-7-17(10-14)15-6-8-18-11-13(15)3/h12-16H,4-11H2,1-3H3. The lowest BCUT2D eigenvalue weighted by molar-refractivity contribution is -0.0191. The summed E-state index contributed by atoms with van der Waals surface area (Å²) in [5.74, 6) is 1.55. The van der Waals surface area contributed by atoms with Crippen molar-refractivity contribution < 1.29 is 4.74 Å². The number of hydrogen-bond acceptors (Lipinski definition) is 3. The second-order valence-corrected chi connectivity index (χ2v) is 6.47. The van der Waals surface area contributed by atoms with E-state index < -0.39 is 0 Å². The zero-order chi connectivity index (χ0) is 13.0. The van der Waals surface area contributed by atoms with Crippen molar-refractivity contribution in [2.24, 2.45) is 11.8 Å². The first-order chi connectivity index (χ1) is 8.66. The molecule has 3 unspecified atom stereocenters. The molecule has 0 aromatic heterocycles. The third kappa shape index (κ3) is 3.94. The molecule has 0 bridgehead atoms. The summed E-state index contributed by atoms with van der Waals surface area (Å²) in [4.78, 5) is 2.74. The van der Waals surface area contributed by atoms with Crippen molar-refractivity contribution in [3.63, 3.8) is 0 Å². The summed E-state index contributed by atoms with van der Waals surface area (Å²) >= 11 is 0. The van der Waals surface area contributed by atoms with E-state index in [9.17, 15) is 0 Å². The molecule has 2 fully saturated rings. The molecule has 0 spiro atoms. The van der Waals surface area contributed by atoms with E-state index in [4.69, 9.17) is 4.74 Å². The fourth-order valence-electron chi connectivity index (χ4n) is 3.38. The molecular weight excluding hydrogens is 224 g/mol. The van der Waals surface area contributed by atoms with Gasteiger partial charge in [0.25, 0.3) is 0 Å². The van der Waals surface area contributed by atoms with Crippen molar-refractivity contribution in [3.05, 3.63) is 0 Å². The lowest BCUT2D eigenvalue weighted by Gasteiger charge is -2.43. The molecule has 2 rings (SSSR count). The maximum Gasteiger partial charge on any atom is 0.0506 e. The van der Waals surface area contributed by atoms with Crippen LogP contribution in [0.5, 0.6) is 0 Å². The molecule has 18 heavy (non-hydrogen) atoms. The van der Waals surface area contributed by atoms with Gasteiger partial charge < -0.3 is 10.1 Å². The van der Waals surface area contributed by atoms with Crippen LogP contribution in [-0.4, -0.2) is 49.8 Å². The molecule has 0 saturated carbocycles. The first-order valence-corrected chi connectivity index (χ1v) is 7.72. The smallest absolute Gasteiger partial charge is 0.0506 e. The number of hydrogen-bond donors (Lipinski definition) is 1. The fourth-order valence-corrected chi connectivity index (χ4v) is 3.38. The van der Waals surface area contributed by atoms with Gasteiger partial charge in [0, 0.05) is 25.2 Å². The van der Waals surface area contributed by atoms with Crippen LogP contribution in [0, 0.1) is 11.8 Å². The van der Waals surface area contributed by atoms with Crippen LogP contribution in [0.2, 0.25) is 0 Å². The van der Waals surface area contributed by atoms with Gasteiger partial charge in [0.2, 0.25) is 0 Å². The SMILES string of the molecule is CC(C)NCC1CCCN(C2CCOCC2C)C1. The number of rotatable bonds is 4. The Morgan fingerprint density at radius 3 is 2.89 bits per heavy atom. The molecule has 0 radical (unpaired) electrons. The molecule has 2 aliphatic rings. The molecule has 1 N–H and O–H groups in total. The molecule has 2 saturated heterocycles. The van der Waals surface area contributed by atoms with E-state index in [1.54, 1.807) is 0 Å². The number of nitrogens with one attached hydrogen (secondary N) is 1. The van der Waals surface area contributed by atoms with E-state index in [-0.39, 0.29) is 0 Å². The summed E-state index contributed by atoms with van der Waals surface area (Å²) in [5.41, 5.74) is 0. The molecule has 0 aromatic rings. The van der Waals surface area contributed by atoms with Crippen LogP contribution in [0.15, 0.2) is 0 Å². The van der Waals surface area contributed by atoms with Gasteiger partial charge in [-0.1, -0.05) is 20.8 Å². The zero-order valence-electron chi connectivity index (χ0n) is 12.3. The molecule has 0 aliphatic carbocycles. The summed E-state index contributed by atoms with van der Waals surface area (Å²) in [6, 6.07) is 1.38. The van der Waals surface area contributed by atoms with Gasteiger partial charge in [-0.3, -0.25) is 4.90 Å². The summed E-state index contributed by atoms with van der Waals surface area (Å²) in [5, 5.41) is 3.60. The summed E-state index contributed by atoms with van der Waals surface area (Å²) in [7, 11) is 0. The largest absolute Gasteiger partial charge is 0.381 e. The Morgan fingerprint density at radius 1 is 1.33 bits per heavy atom. The minimum Gasteiger partial charge on any atom is -0.381 e. The molecule has 3 nitrogen and oxygen atoms in total. The first kappa shape index (κ1) is 14.3. The van der Waals surface area contributed by atoms with Crippen LogP contribution in [0.1, 0.15) is 40.0 Å². The Balaban J connectivity index is 1.81. The third-order valence-electron chi connectivity index (χ3n) is 4.43. The fraction of sp³-hybridized carbons (Fsp3) is 1.00. The third-order valence-corrected chi connectivity index (χ3v) is 4.43. The molecule has 2 aliphatic heterocycles. The molecule has 3 atom stereocenters. The zero-order valence-corrected chi connectivity index (χ0v) is 12.3. The van der Waals surface area contributed by atoms with E-state index >= 15 is 0 Å². The van der Waals surface area contributed by atoms with E-state index in [1.165, 1.54) is 38.9 Å². The minimum absolute atomic E-state index is 0.613. The Morgan fingerprint density at radius 2 is 2.17 bits per heavy atom. The van der Waals surface area contributed by atoms with Crippen LogP contribution in [-0.2, 0) is 4.74 Å². The summed E-state index contributed by atoms with van der Waals surface area (Å²) in [6.07, 6.45) is 3.99. The van der Waals surface area contributed by atoms with Crippen molar-refractivity contribution in [2.75, 3.05) is 32.8 Å². The van der Waals surface area contributed by atoms with Gasteiger partial charge in [-0.15, -0.1) is 0 Å². The van der Waals surface area contributed by atoms with Gasteiger partial charge >= 0.3 is 0 Å². The molecule has 3 heteroatoms. The minimum atomic E-state index is 0.613. The molecule has 106 valence electrons. The second kappa shape index (κ2) is 6.88. The van der Waals surface area contributed by atoms with E-state index in [0.29, 0.717) is 12.0 Å². The van der Waals surface area contributed by atoms with Crippen molar-refractivity contribution in [1.29, 1.82) is 0 Å². The predicted octanol–water partition coefficient (Wildman–Crippen LogP) is 2.12. The lowest BCUT2D eigenvalue weighted by Crippen LogP contribution is -2.50. The molecular formula is C15H30N2O. The van der Waals surface area contributed by atoms with Gasteiger partial charge in [0.15, 0.2) is 0 Å². The van der Waals surface area contributed by atoms with Crippen LogP contribution >= 0.6 is 0 Å². The highest BCUT2D eigenvalue weighted by Crippen LogP contribution is 2.25. The van der Waals surface area contributed by atoms with Gasteiger partial charge in [-0.25, -0.2) is 0 Å². The van der Waals surface area contributed by atoms with Gasteiger partial charge in [0.05, 0.1) is 6.61 Å². The van der Waals surface area contributed by atoms with E-state index in [0.717, 1.165) is 25.2 Å². The van der Waals surface area contributed by atoms with Crippen LogP contribution in [0.4, 0.5) is 0 Å². The van der Waals surface area contributed by atoms with Crippen molar-refractivity contribution in [2.45, 2.75) is 52.1 Å². The number of nitrogens with zero attached hydrogens (tertiary/aromatic N) is 1. The monoisotopic (exact) mass is 254 g/mol. The van der Waals surface area contributed by atoms with Crippen LogP contribution in [0.3, 0.4) is 0 Å². The lowest BCUT2D eigenvalue weighted by atomic mass is 9.90.